The maximum Gasteiger partial charge on any atom is 0.319 e. The SMILES string of the molecule is O=C(NCc1cccnc1-n1cncn1)Nc1ccccc1SC1CCCC1. The fourth-order valence-corrected chi connectivity index (χ4v) is 4.62. The van der Waals surface area contributed by atoms with Gasteiger partial charge in [0, 0.05) is 28.5 Å². The van der Waals surface area contributed by atoms with E-state index in [-0.39, 0.29) is 6.03 Å². The fraction of sp³-hybridized carbons (Fsp3) is 0.300. The lowest BCUT2D eigenvalue weighted by molar-refractivity contribution is 0.251. The molecular weight excluding hydrogens is 372 g/mol. The first kappa shape index (κ1) is 18.5. The predicted octanol–water partition coefficient (Wildman–Crippen LogP) is 4.02. The van der Waals surface area contributed by atoms with E-state index in [1.807, 2.05) is 42.1 Å². The molecule has 0 atom stereocenters. The third-order valence-electron chi connectivity index (χ3n) is 4.67. The smallest absolute Gasteiger partial charge is 0.319 e. The van der Waals surface area contributed by atoms with Crippen LogP contribution in [0.1, 0.15) is 31.2 Å². The number of benzene rings is 1. The fourth-order valence-electron chi connectivity index (χ4n) is 3.29. The molecule has 8 heteroatoms. The first-order valence-electron chi connectivity index (χ1n) is 9.39. The van der Waals surface area contributed by atoms with E-state index >= 15 is 0 Å². The Balaban J connectivity index is 1.40. The van der Waals surface area contributed by atoms with Crippen molar-refractivity contribution in [3.8, 4) is 5.82 Å². The number of aromatic nitrogens is 4. The van der Waals surface area contributed by atoms with Crippen LogP contribution in [-0.4, -0.2) is 31.0 Å². The number of para-hydroxylation sites is 1. The number of rotatable bonds is 6. The maximum absolute atomic E-state index is 12.5. The summed E-state index contributed by atoms with van der Waals surface area (Å²) in [4.78, 5) is 21.9. The van der Waals surface area contributed by atoms with Crippen LogP contribution in [0.3, 0.4) is 0 Å². The van der Waals surface area contributed by atoms with Gasteiger partial charge < -0.3 is 10.6 Å². The van der Waals surface area contributed by atoms with Crippen LogP contribution in [0.5, 0.6) is 0 Å². The molecule has 2 heterocycles. The van der Waals surface area contributed by atoms with Gasteiger partial charge in [0.1, 0.15) is 12.7 Å². The molecule has 28 heavy (non-hydrogen) atoms. The van der Waals surface area contributed by atoms with E-state index in [2.05, 4.69) is 31.8 Å². The van der Waals surface area contributed by atoms with E-state index in [1.54, 1.807) is 17.2 Å². The van der Waals surface area contributed by atoms with E-state index < -0.39 is 0 Å². The zero-order valence-electron chi connectivity index (χ0n) is 15.4. The summed E-state index contributed by atoms with van der Waals surface area (Å²) in [6.07, 6.45) is 9.82. The van der Waals surface area contributed by atoms with E-state index in [4.69, 9.17) is 0 Å². The summed E-state index contributed by atoms with van der Waals surface area (Å²) < 4.78 is 1.59. The van der Waals surface area contributed by atoms with Crippen molar-refractivity contribution in [1.82, 2.24) is 25.1 Å². The number of carbonyl (C=O) groups is 1. The first-order valence-corrected chi connectivity index (χ1v) is 10.3. The molecule has 144 valence electrons. The Hall–Kier alpha value is -2.87. The molecule has 0 aliphatic heterocycles. The van der Waals surface area contributed by atoms with Gasteiger partial charge in [-0.1, -0.05) is 31.0 Å². The average Bonchev–Trinajstić information content (AvgIpc) is 3.42. The summed E-state index contributed by atoms with van der Waals surface area (Å²) in [5, 5.41) is 10.7. The number of urea groups is 1. The van der Waals surface area contributed by atoms with Crippen molar-refractivity contribution in [1.29, 1.82) is 0 Å². The Morgan fingerprint density at radius 3 is 2.86 bits per heavy atom. The summed E-state index contributed by atoms with van der Waals surface area (Å²) >= 11 is 1.86. The van der Waals surface area contributed by atoms with E-state index in [0.29, 0.717) is 17.6 Å². The Kier molecular flexibility index (Phi) is 5.86. The monoisotopic (exact) mass is 394 g/mol. The molecule has 4 rings (SSSR count). The summed E-state index contributed by atoms with van der Waals surface area (Å²) in [7, 11) is 0. The van der Waals surface area contributed by atoms with Crippen molar-refractivity contribution in [2.75, 3.05) is 5.32 Å². The molecule has 3 aromatic rings. The topological polar surface area (TPSA) is 84.7 Å². The van der Waals surface area contributed by atoms with Crippen molar-refractivity contribution < 1.29 is 4.79 Å². The minimum atomic E-state index is -0.243. The predicted molar refractivity (Wildman–Crippen MR) is 110 cm³/mol. The van der Waals surface area contributed by atoms with Gasteiger partial charge in [-0.05, 0) is 31.0 Å². The highest BCUT2D eigenvalue weighted by molar-refractivity contribution is 8.00. The number of pyridine rings is 1. The second kappa shape index (κ2) is 8.88. The van der Waals surface area contributed by atoms with Crippen LogP contribution < -0.4 is 10.6 Å². The highest BCUT2D eigenvalue weighted by Crippen LogP contribution is 2.37. The molecule has 1 aliphatic rings. The maximum atomic E-state index is 12.5. The van der Waals surface area contributed by atoms with E-state index in [0.717, 1.165) is 16.1 Å². The molecule has 0 spiro atoms. The highest BCUT2D eigenvalue weighted by atomic mass is 32.2. The lowest BCUT2D eigenvalue weighted by atomic mass is 10.2. The van der Waals surface area contributed by atoms with Gasteiger partial charge in [-0.2, -0.15) is 5.10 Å². The second-order valence-electron chi connectivity index (χ2n) is 6.65. The van der Waals surface area contributed by atoms with Crippen LogP contribution in [0.4, 0.5) is 10.5 Å². The summed E-state index contributed by atoms with van der Waals surface area (Å²) in [6.45, 7) is 0.340. The van der Waals surface area contributed by atoms with E-state index in [1.165, 1.54) is 32.0 Å². The van der Waals surface area contributed by atoms with Crippen molar-refractivity contribution >= 4 is 23.5 Å². The van der Waals surface area contributed by atoms with Crippen molar-refractivity contribution in [2.45, 2.75) is 42.4 Å². The number of carbonyl (C=O) groups excluding carboxylic acids is 1. The zero-order valence-corrected chi connectivity index (χ0v) is 16.2. The molecule has 1 saturated carbocycles. The minimum absolute atomic E-state index is 0.243. The normalized spacial score (nSPS) is 14.1. The minimum Gasteiger partial charge on any atom is -0.334 e. The number of amides is 2. The summed E-state index contributed by atoms with van der Waals surface area (Å²) in [6, 6.07) is 11.5. The Bertz CT molecular complexity index is 924. The van der Waals surface area contributed by atoms with Crippen LogP contribution >= 0.6 is 11.8 Å². The van der Waals surface area contributed by atoms with Crippen LogP contribution in [0.15, 0.2) is 60.1 Å². The summed E-state index contributed by atoms with van der Waals surface area (Å²) in [5.74, 6) is 0.650. The standard InChI is InChI=1S/C20H22N6OS/c27-20(23-12-15-6-5-11-22-19(15)26-14-21-13-24-26)25-17-9-3-4-10-18(17)28-16-7-1-2-8-16/h3-6,9-11,13-14,16H,1-2,7-8,12H2,(H2,23,25,27). The van der Waals surface area contributed by atoms with Gasteiger partial charge in [0.05, 0.1) is 5.69 Å². The molecule has 0 saturated heterocycles. The van der Waals surface area contributed by atoms with Crippen LogP contribution in [0.2, 0.25) is 0 Å². The average molecular weight is 395 g/mol. The number of thioether (sulfide) groups is 1. The van der Waals surface area contributed by atoms with Crippen molar-refractivity contribution in [3.63, 3.8) is 0 Å². The largest absolute Gasteiger partial charge is 0.334 e. The molecule has 0 bridgehead atoms. The van der Waals surface area contributed by atoms with Crippen LogP contribution in [0, 0.1) is 0 Å². The lowest BCUT2D eigenvalue weighted by Crippen LogP contribution is -2.29. The second-order valence-corrected chi connectivity index (χ2v) is 8.00. The van der Waals surface area contributed by atoms with Crippen LogP contribution in [0.25, 0.3) is 5.82 Å². The van der Waals surface area contributed by atoms with Gasteiger partial charge in [0.15, 0.2) is 5.82 Å². The summed E-state index contributed by atoms with van der Waals surface area (Å²) in [5.41, 5.74) is 1.70. The zero-order chi connectivity index (χ0) is 19.2. The number of hydrogen-bond acceptors (Lipinski definition) is 5. The molecule has 0 radical (unpaired) electrons. The highest BCUT2D eigenvalue weighted by Gasteiger charge is 2.18. The Morgan fingerprint density at radius 1 is 1.18 bits per heavy atom. The third kappa shape index (κ3) is 4.51. The quantitative estimate of drug-likeness (QED) is 0.660. The van der Waals surface area contributed by atoms with Gasteiger partial charge in [-0.3, -0.25) is 0 Å². The van der Waals surface area contributed by atoms with Gasteiger partial charge in [0.25, 0.3) is 0 Å². The van der Waals surface area contributed by atoms with Crippen LogP contribution in [-0.2, 0) is 6.54 Å². The van der Waals surface area contributed by atoms with Crippen molar-refractivity contribution in [2.24, 2.45) is 0 Å². The number of anilines is 1. The molecule has 0 unspecified atom stereocenters. The lowest BCUT2D eigenvalue weighted by Gasteiger charge is -2.15. The first-order chi connectivity index (χ1) is 13.8. The van der Waals surface area contributed by atoms with Gasteiger partial charge in [-0.15, -0.1) is 11.8 Å². The molecule has 1 aliphatic carbocycles. The Morgan fingerprint density at radius 2 is 2.04 bits per heavy atom. The third-order valence-corrected chi connectivity index (χ3v) is 6.09. The molecule has 2 aromatic heterocycles. The molecule has 1 aromatic carbocycles. The Labute approximate surface area is 168 Å². The van der Waals surface area contributed by atoms with Gasteiger partial charge in [-0.25, -0.2) is 19.4 Å². The molecule has 2 amide bonds. The molecular formula is C20H22N6OS. The number of hydrogen-bond donors (Lipinski definition) is 2. The number of nitrogens with one attached hydrogen (secondary N) is 2. The van der Waals surface area contributed by atoms with E-state index in [9.17, 15) is 4.79 Å². The van der Waals surface area contributed by atoms with Gasteiger partial charge >= 0.3 is 6.03 Å². The number of nitrogens with zero attached hydrogens (tertiary/aromatic N) is 4. The van der Waals surface area contributed by atoms with Gasteiger partial charge in [0.2, 0.25) is 0 Å². The van der Waals surface area contributed by atoms with Crippen molar-refractivity contribution in [3.05, 3.63) is 60.8 Å². The molecule has 7 nitrogen and oxygen atoms in total. The molecule has 2 N–H and O–H groups in total. The molecule has 1 fully saturated rings.